The van der Waals surface area contributed by atoms with Crippen LogP contribution >= 0.6 is 0 Å². The maximum Gasteiger partial charge on any atom is 0.326 e. The Hall–Kier alpha value is -1.95. The molecule has 5 nitrogen and oxygen atoms in total. The number of methoxy groups -OCH3 is 1. The number of carboxylic acids is 1. The molecule has 0 saturated carbocycles. The quantitative estimate of drug-likeness (QED) is 0.755. The highest BCUT2D eigenvalue weighted by molar-refractivity contribution is 5.83. The molecule has 0 fully saturated rings. The van der Waals surface area contributed by atoms with Crippen LogP contribution in [0.3, 0.4) is 0 Å². The average molecular weight is 283 g/mol. The summed E-state index contributed by atoms with van der Waals surface area (Å²) in [6.45, 7) is 0.259. The molecular weight excluding hydrogens is 265 g/mol. The van der Waals surface area contributed by atoms with Crippen molar-refractivity contribution in [1.29, 1.82) is 0 Å². The summed E-state index contributed by atoms with van der Waals surface area (Å²) in [7, 11) is 1.47. The summed E-state index contributed by atoms with van der Waals surface area (Å²) in [4.78, 5) is 22.6. The van der Waals surface area contributed by atoms with Crippen LogP contribution in [-0.4, -0.2) is 36.7 Å². The Balaban J connectivity index is 2.41. The normalized spacial score (nSPS) is 11.9. The zero-order valence-electron chi connectivity index (χ0n) is 11.3. The Morgan fingerprint density at radius 1 is 1.35 bits per heavy atom. The van der Waals surface area contributed by atoms with E-state index in [1.807, 2.05) is 0 Å². The van der Waals surface area contributed by atoms with Gasteiger partial charge in [0.25, 0.3) is 0 Å². The Morgan fingerprint density at radius 2 is 2.00 bits per heavy atom. The third kappa shape index (κ3) is 5.79. The monoisotopic (exact) mass is 283 g/mol. The second-order valence-corrected chi connectivity index (χ2v) is 4.37. The predicted molar refractivity (Wildman–Crippen MR) is 70.8 cm³/mol. The fourth-order valence-corrected chi connectivity index (χ4v) is 1.67. The smallest absolute Gasteiger partial charge is 0.326 e. The van der Waals surface area contributed by atoms with Crippen LogP contribution in [0.2, 0.25) is 0 Å². The van der Waals surface area contributed by atoms with Crippen molar-refractivity contribution in [1.82, 2.24) is 5.32 Å². The van der Waals surface area contributed by atoms with Crippen LogP contribution in [0.4, 0.5) is 4.39 Å². The van der Waals surface area contributed by atoms with Gasteiger partial charge in [0, 0.05) is 26.6 Å². The number of aryl methyl sites for hydroxylation is 1. The summed E-state index contributed by atoms with van der Waals surface area (Å²) in [5.41, 5.74) is 0.824. The summed E-state index contributed by atoms with van der Waals surface area (Å²) in [5, 5.41) is 11.4. The highest BCUT2D eigenvalue weighted by atomic mass is 19.1. The molecule has 20 heavy (non-hydrogen) atoms. The van der Waals surface area contributed by atoms with Crippen LogP contribution in [0.1, 0.15) is 18.4 Å². The Kier molecular flexibility index (Phi) is 6.66. The van der Waals surface area contributed by atoms with Crippen molar-refractivity contribution in [3.63, 3.8) is 0 Å². The minimum Gasteiger partial charge on any atom is -0.480 e. The molecule has 1 unspecified atom stereocenters. The maximum absolute atomic E-state index is 12.7. The SMILES string of the molecule is COCCC(NC(=O)CCc1ccc(F)cc1)C(=O)O. The van der Waals surface area contributed by atoms with E-state index < -0.39 is 12.0 Å². The number of amides is 1. The largest absolute Gasteiger partial charge is 0.480 e. The molecule has 110 valence electrons. The number of benzene rings is 1. The minimum absolute atomic E-state index is 0.155. The zero-order valence-corrected chi connectivity index (χ0v) is 11.3. The van der Waals surface area contributed by atoms with Crippen molar-refractivity contribution >= 4 is 11.9 Å². The number of ether oxygens (including phenoxy) is 1. The lowest BCUT2D eigenvalue weighted by molar-refractivity contribution is -0.142. The molecular formula is C14H18FNO4. The Labute approximate surface area is 116 Å². The van der Waals surface area contributed by atoms with Gasteiger partial charge in [-0.25, -0.2) is 9.18 Å². The number of carboxylic acid groups (broad SMARTS) is 1. The fraction of sp³-hybridized carbons (Fsp3) is 0.429. The first-order chi connectivity index (χ1) is 9.52. The first-order valence-electron chi connectivity index (χ1n) is 6.28. The van der Waals surface area contributed by atoms with Crippen molar-refractivity contribution in [3.05, 3.63) is 35.6 Å². The van der Waals surface area contributed by atoms with Crippen LogP contribution < -0.4 is 5.32 Å². The van der Waals surface area contributed by atoms with Crippen molar-refractivity contribution < 1.29 is 23.8 Å². The van der Waals surface area contributed by atoms with Crippen LogP contribution in [0, 0.1) is 5.82 Å². The van der Waals surface area contributed by atoms with E-state index >= 15 is 0 Å². The van der Waals surface area contributed by atoms with Gasteiger partial charge < -0.3 is 15.2 Å². The molecule has 0 aliphatic carbocycles. The predicted octanol–water partition coefficient (Wildman–Crippen LogP) is 1.36. The van der Waals surface area contributed by atoms with Gasteiger partial charge in [-0.1, -0.05) is 12.1 Å². The number of hydrogen-bond acceptors (Lipinski definition) is 3. The molecule has 0 spiro atoms. The van der Waals surface area contributed by atoms with E-state index in [4.69, 9.17) is 9.84 Å². The molecule has 0 bridgehead atoms. The number of aliphatic carboxylic acids is 1. The summed E-state index contributed by atoms with van der Waals surface area (Å²) < 4.78 is 17.5. The van der Waals surface area contributed by atoms with Crippen molar-refractivity contribution in [3.8, 4) is 0 Å². The van der Waals surface area contributed by atoms with E-state index in [1.54, 1.807) is 12.1 Å². The molecule has 0 aliphatic heterocycles. The molecule has 1 amide bonds. The number of rotatable bonds is 8. The number of carbonyl (C=O) groups excluding carboxylic acids is 1. The van der Waals surface area contributed by atoms with Gasteiger partial charge >= 0.3 is 5.97 Å². The number of halogens is 1. The topological polar surface area (TPSA) is 75.6 Å². The average Bonchev–Trinajstić information content (AvgIpc) is 2.42. The van der Waals surface area contributed by atoms with E-state index in [1.165, 1.54) is 19.2 Å². The van der Waals surface area contributed by atoms with Gasteiger partial charge in [0.05, 0.1) is 0 Å². The minimum atomic E-state index is -1.09. The Morgan fingerprint density at radius 3 is 2.55 bits per heavy atom. The van der Waals surface area contributed by atoms with Gasteiger partial charge in [-0.2, -0.15) is 0 Å². The highest BCUT2D eigenvalue weighted by Crippen LogP contribution is 2.05. The fourth-order valence-electron chi connectivity index (χ4n) is 1.67. The lowest BCUT2D eigenvalue weighted by Gasteiger charge is -2.13. The van der Waals surface area contributed by atoms with E-state index in [2.05, 4.69) is 5.32 Å². The lowest BCUT2D eigenvalue weighted by atomic mass is 10.1. The molecule has 1 aromatic carbocycles. The van der Waals surface area contributed by atoms with Crippen LogP contribution in [-0.2, 0) is 20.7 Å². The second-order valence-electron chi connectivity index (χ2n) is 4.37. The van der Waals surface area contributed by atoms with Gasteiger partial charge in [0.15, 0.2) is 0 Å². The molecule has 1 rings (SSSR count). The van der Waals surface area contributed by atoms with Crippen LogP contribution in [0.25, 0.3) is 0 Å². The lowest BCUT2D eigenvalue weighted by Crippen LogP contribution is -2.41. The summed E-state index contributed by atoms with van der Waals surface area (Å²) >= 11 is 0. The first-order valence-corrected chi connectivity index (χ1v) is 6.28. The van der Waals surface area contributed by atoms with Gasteiger partial charge in [-0.05, 0) is 24.1 Å². The van der Waals surface area contributed by atoms with Crippen molar-refractivity contribution in [2.75, 3.05) is 13.7 Å². The van der Waals surface area contributed by atoms with Gasteiger partial charge in [-0.3, -0.25) is 4.79 Å². The standard InChI is InChI=1S/C14H18FNO4/c1-20-9-8-12(14(18)19)16-13(17)7-4-10-2-5-11(15)6-3-10/h2-3,5-6,12H,4,7-9H2,1H3,(H,16,17)(H,18,19). The Bertz CT molecular complexity index is 447. The van der Waals surface area contributed by atoms with Crippen molar-refractivity contribution in [2.24, 2.45) is 0 Å². The highest BCUT2D eigenvalue weighted by Gasteiger charge is 2.19. The molecule has 0 aliphatic rings. The maximum atomic E-state index is 12.7. The molecule has 1 aromatic rings. The molecule has 0 radical (unpaired) electrons. The van der Waals surface area contributed by atoms with E-state index in [-0.39, 0.29) is 31.2 Å². The molecule has 0 aromatic heterocycles. The molecule has 1 atom stereocenters. The molecule has 0 saturated heterocycles. The van der Waals surface area contributed by atoms with Crippen molar-refractivity contribution in [2.45, 2.75) is 25.3 Å². The van der Waals surface area contributed by atoms with Gasteiger partial charge in [-0.15, -0.1) is 0 Å². The second kappa shape index (κ2) is 8.27. The van der Waals surface area contributed by atoms with Crippen LogP contribution in [0.5, 0.6) is 0 Å². The van der Waals surface area contributed by atoms with E-state index in [9.17, 15) is 14.0 Å². The number of hydrogen-bond donors (Lipinski definition) is 2. The third-order valence-electron chi connectivity index (χ3n) is 2.80. The summed E-state index contributed by atoms with van der Waals surface area (Å²) in [6.07, 6.45) is 0.805. The first kappa shape index (κ1) is 16.1. The zero-order chi connectivity index (χ0) is 15.0. The summed E-state index contributed by atoms with van der Waals surface area (Å²) in [5.74, 6) is -1.77. The molecule has 2 N–H and O–H groups in total. The molecule has 0 heterocycles. The van der Waals surface area contributed by atoms with E-state index in [0.29, 0.717) is 6.42 Å². The third-order valence-corrected chi connectivity index (χ3v) is 2.80. The number of carbonyl (C=O) groups is 2. The number of nitrogens with one attached hydrogen (secondary N) is 1. The van der Waals surface area contributed by atoms with E-state index in [0.717, 1.165) is 5.56 Å². The van der Waals surface area contributed by atoms with Crippen LogP contribution in [0.15, 0.2) is 24.3 Å². The molecule has 6 heteroatoms. The summed E-state index contributed by atoms with van der Waals surface area (Å²) in [6, 6.07) is 4.90. The van der Waals surface area contributed by atoms with Gasteiger partial charge in [0.1, 0.15) is 11.9 Å². The van der Waals surface area contributed by atoms with Gasteiger partial charge in [0.2, 0.25) is 5.91 Å².